The van der Waals surface area contributed by atoms with Crippen molar-refractivity contribution < 1.29 is 15.3 Å². The Kier molecular flexibility index (Phi) is 5.44. The molecule has 1 fully saturated rings. The molecule has 0 amide bonds. The van der Waals surface area contributed by atoms with Crippen molar-refractivity contribution in [3.63, 3.8) is 0 Å². The van der Waals surface area contributed by atoms with Crippen LogP contribution in [0.25, 0.3) is 0 Å². The maximum absolute atomic E-state index is 11.0. The van der Waals surface area contributed by atoms with Gasteiger partial charge in [0, 0.05) is 5.92 Å². The molecule has 132 valence electrons. The second-order valence-corrected chi connectivity index (χ2v) is 8.52. The average molecular weight is 322 g/mol. The van der Waals surface area contributed by atoms with Gasteiger partial charge in [-0.25, -0.2) is 0 Å². The molecule has 0 spiro atoms. The fraction of sp³-hybridized carbons (Fsp3) is 0.800. The number of aliphatic hydroxyl groups excluding tert-OH is 1. The van der Waals surface area contributed by atoms with Crippen LogP contribution in [0.5, 0.6) is 0 Å². The minimum Gasteiger partial charge on any atom is -0.390 e. The van der Waals surface area contributed by atoms with Gasteiger partial charge >= 0.3 is 0 Å². The topological polar surface area (TPSA) is 60.7 Å². The molecule has 5 atom stereocenters. The van der Waals surface area contributed by atoms with Gasteiger partial charge in [0.05, 0.1) is 17.3 Å². The molecule has 3 heteroatoms. The summed E-state index contributed by atoms with van der Waals surface area (Å²) in [6.07, 6.45) is 7.38. The Morgan fingerprint density at radius 2 is 1.78 bits per heavy atom. The summed E-state index contributed by atoms with van der Waals surface area (Å²) < 4.78 is 0. The highest BCUT2D eigenvalue weighted by Crippen LogP contribution is 2.48. The van der Waals surface area contributed by atoms with Crippen LogP contribution in [0.15, 0.2) is 23.3 Å². The third-order valence-electron chi connectivity index (χ3n) is 5.99. The molecule has 2 aliphatic carbocycles. The Bertz CT molecular complexity index is 485. The highest BCUT2D eigenvalue weighted by Gasteiger charge is 2.49. The fourth-order valence-corrected chi connectivity index (χ4v) is 4.42. The van der Waals surface area contributed by atoms with Gasteiger partial charge in [-0.2, -0.15) is 0 Å². The normalized spacial score (nSPS) is 47.3. The van der Waals surface area contributed by atoms with E-state index in [2.05, 4.69) is 26.0 Å². The molecule has 0 unspecified atom stereocenters. The lowest BCUT2D eigenvalue weighted by molar-refractivity contribution is -0.0455. The molecule has 2 aliphatic rings. The van der Waals surface area contributed by atoms with Crippen LogP contribution in [0.1, 0.15) is 66.7 Å². The SMILES string of the molecule is C/C1=C\CC[C@@](C)(O)[C@@H]2CC[C@](C)(O)[C@H]2/C=C(/C(C)C)[C@@H](O)C1. The highest BCUT2D eigenvalue weighted by atomic mass is 16.3. The number of fused-ring (bicyclic) bond motifs is 1. The first-order valence-electron chi connectivity index (χ1n) is 9.04. The van der Waals surface area contributed by atoms with E-state index in [9.17, 15) is 15.3 Å². The quantitative estimate of drug-likeness (QED) is 0.647. The fourth-order valence-electron chi connectivity index (χ4n) is 4.42. The van der Waals surface area contributed by atoms with Crippen molar-refractivity contribution in [2.45, 2.75) is 84.0 Å². The number of allylic oxidation sites excluding steroid dienone is 1. The molecule has 2 rings (SSSR count). The van der Waals surface area contributed by atoms with Crippen LogP contribution >= 0.6 is 0 Å². The molecule has 0 bridgehead atoms. The lowest BCUT2D eigenvalue weighted by Crippen LogP contribution is -2.41. The summed E-state index contributed by atoms with van der Waals surface area (Å²) in [4.78, 5) is 0. The van der Waals surface area contributed by atoms with E-state index >= 15 is 0 Å². The molecule has 3 nitrogen and oxygen atoms in total. The largest absolute Gasteiger partial charge is 0.390 e. The second-order valence-electron chi connectivity index (χ2n) is 8.52. The summed E-state index contributed by atoms with van der Waals surface area (Å²) in [6, 6.07) is 0. The van der Waals surface area contributed by atoms with Crippen LogP contribution in [-0.4, -0.2) is 32.6 Å². The molecule has 1 saturated carbocycles. The van der Waals surface area contributed by atoms with E-state index < -0.39 is 17.3 Å². The maximum Gasteiger partial charge on any atom is 0.0789 e. The van der Waals surface area contributed by atoms with Crippen LogP contribution in [-0.2, 0) is 0 Å². The van der Waals surface area contributed by atoms with Crippen molar-refractivity contribution in [2.24, 2.45) is 17.8 Å². The van der Waals surface area contributed by atoms with E-state index in [1.807, 2.05) is 20.8 Å². The van der Waals surface area contributed by atoms with Gasteiger partial charge in [0.15, 0.2) is 0 Å². The van der Waals surface area contributed by atoms with E-state index in [0.29, 0.717) is 19.3 Å². The van der Waals surface area contributed by atoms with Crippen LogP contribution in [0.4, 0.5) is 0 Å². The van der Waals surface area contributed by atoms with Crippen molar-refractivity contribution in [1.82, 2.24) is 0 Å². The minimum atomic E-state index is -0.814. The molecule has 0 saturated heterocycles. The minimum absolute atomic E-state index is 0.0326. The zero-order valence-electron chi connectivity index (χ0n) is 15.3. The zero-order valence-corrected chi connectivity index (χ0v) is 15.3. The molecule has 0 aromatic heterocycles. The van der Waals surface area contributed by atoms with Gasteiger partial charge < -0.3 is 15.3 Å². The Morgan fingerprint density at radius 3 is 2.39 bits per heavy atom. The number of aliphatic hydroxyl groups is 3. The predicted molar refractivity (Wildman–Crippen MR) is 94.0 cm³/mol. The third-order valence-corrected chi connectivity index (χ3v) is 5.99. The lowest BCUT2D eigenvalue weighted by Gasteiger charge is -2.37. The Labute approximate surface area is 141 Å². The highest BCUT2D eigenvalue weighted by molar-refractivity contribution is 5.21. The monoisotopic (exact) mass is 322 g/mol. The van der Waals surface area contributed by atoms with Gasteiger partial charge in [-0.15, -0.1) is 0 Å². The van der Waals surface area contributed by atoms with Gasteiger partial charge in [0.25, 0.3) is 0 Å². The van der Waals surface area contributed by atoms with E-state index in [-0.39, 0.29) is 17.8 Å². The smallest absolute Gasteiger partial charge is 0.0789 e. The van der Waals surface area contributed by atoms with Gasteiger partial charge in [0.2, 0.25) is 0 Å². The molecular weight excluding hydrogens is 288 g/mol. The molecular formula is C20H34O3. The second kappa shape index (κ2) is 6.70. The number of rotatable bonds is 1. The molecule has 3 N–H and O–H groups in total. The first-order valence-corrected chi connectivity index (χ1v) is 9.04. The Hall–Kier alpha value is -0.640. The predicted octanol–water partition coefficient (Wildman–Crippen LogP) is 3.59. The summed E-state index contributed by atoms with van der Waals surface area (Å²) in [7, 11) is 0. The van der Waals surface area contributed by atoms with Gasteiger partial charge in [-0.3, -0.25) is 0 Å². The lowest BCUT2D eigenvalue weighted by atomic mass is 9.74. The maximum atomic E-state index is 11.0. The zero-order chi connectivity index (χ0) is 17.4. The van der Waals surface area contributed by atoms with Gasteiger partial charge in [-0.1, -0.05) is 31.6 Å². The van der Waals surface area contributed by atoms with E-state index in [1.165, 1.54) is 5.57 Å². The molecule has 23 heavy (non-hydrogen) atoms. The summed E-state index contributed by atoms with van der Waals surface area (Å²) >= 11 is 0. The Balaban J connectivity index is 2.49. The van der Waals surface area contributed by atoms with Crippen molar-refractivity contribution >= 4 is 0 Å². The van der Waals surface area contributed by atoms with Crippen LogP contribution in [0.3, 0.4) is 0 Å². The molecule has 0 radical (unpaired) electrons. The van der Waals surface area contributed by atoms with Crippen LogP contribution < -0.4 is 0 Å². The number of hydrogen-bond donors (Lipinski definition) is 3. The van der Waals surface area contributed by atoms with Crippen LogP contribution in [0.2, 0.25) is 0 Å². The third kappa shape index (κ3) is 4.07. The van der Waals surface area contributed by atoms with Crippen molar-refractivity contribution in [1.29, 1.82) is 0 Å². The van der Waals surface area contributed by atoms with Crippen LogP contribution in [0, 0.1) is 17.8 Å². The Morgan fingerprint density at radius 1 is 1.13 bits per heavy atom. The molecule has 0 aromatic carbocycles. The van der Waals surface area contributed by atoms with Crippen molar-refractivity contribution in [3.05, 3.63) is 23.3 Å². The van der Waals surface area contributed by atoms with E-state index in [1.54, 1.807) is 0 Å². The van der Waals surface area contributed by atoms with Crippen molar-refractivity contribution in [3.8, 4) is 0 Å². The molecule has 0 heterocycles. The summed E-state index contributed by atoms with van der Waals surface area (Å²) in [5.74, 6) is 0.147. The van der Waals surface area contributed by atoms with Crippen molar-refractivity contribution in [2.75, 3.05) is 0 Å². The summed E-state index contributed by atoms with van der Waals surface area (Å²) in [6.45, 7) is 10.0. The first-order chi connectivity index (χ1) is 10.5. The average Bonchev–Trinajstić information content (AvgIpc) is 2.69. The molecule has 0 aromatic rings. The van der Waals surface area contributed by atoms with Gasteiger partial charge in [-0.05, 0) is 70.3 Å². The standard InChI is InChI=1S/C20H34O3/c1-13(2)15-12-17-16(8-10-20(17,5)23)19(4,22)9-6-7-14(3)11-18(15)21/h7,12-13,16-18,21-23H,6,8-11H2,1-5H3/b14-7+,15-12-/t16-,17+,18+,19-,20+/m1/s1. The molecule has 0 aliphatic heterocycles. The van der Waals surface area contributed by atoms with Gasteiger partial charge in [0.1, 0.15) is 0 Å². The van der Waals surface area contributed by atoms with E-state index in [0.717, 1.165) is 18.4 Å². The number of hydrogen-bond acceptors (Lipinski definition) is 3. The summed E-state index contributed by atoms with van der Waals surface area (Å²) in [5, 5.41) is 32.6. The summed E-state index contributed by atoms with van der Waals surface area (Å²) in [5.41, 5.74) is 0.548. The van der Waals surface area contributed by atoms with E-state index in [4.69, 9.17) is 0 Å². The first kappa shape index (κ1) is 18.7.